The molecule has 2 aliphatic heterocycles. The standard InChI is InChI=1S/C19H29O8P/c1-5-23-28(21,24-6-2)17(20)15-14(22-12-13-10-8-7-9-11-13)16-18(25-15)27-19(3,4)26-16/h7-11,14-18,20H,5-6,12H2,1-4H3/t14-,15+,16+,17?,18+/m1/s1. The summed E-state index contributed by atoms with van der Waals surface area (Å²) in [5.74, 6) is -2.38. The molecule has 2 aliphatic rings. The summed E-state index contributed by atoms with van der Waals surface area (Å²) in [6.45, 7) is 7.45. The fraction of sp³-hybridized carbons (Fsp3) is 0.684. The molecule has 0 aromatic heterocycles. The van der Waals surface area contributed by atoms with Gasteiger partial charge in [-0.2, -0.15) is 0 Å². The first-order valence-corrected chi connectivity index (χ1v) is 11.1. The minimum atomic E-state index is -3.82. The third kappa shape index (κ3) is 4.66. The molecule has 5 atom stereocenters. The Hall–Kier alpha value is -0.830. The van der Waals surface area contributed by atoms with E-state index in [4.69, 9.17) is 28.0 Å². The maximum Gasteiger partial charge on any atom is 0.361 e. The van der Waals surface area contributed by atoms with Crippen LogP contribution in [0.3, 0.4) is 0 Å². The van der Waals surface area contributed by atoms with Gasteiger partial charge >= 0.3 is 7.60 Å². The molecule has 158 valence electrons. The minimum absolute atomic E-state index is 0.128. The van der Waals surface area contributed by atoms with Gasteiger partial charge in [-0.25, -0.2) is 0 Å². The highest BCUT2D eigenvalue weighted by Crippen LogP contribution is 2.56. The molecule has 1 aromatic carbocycles. The summed E-state index contributed by atoms with van der Waals surface area (Å²) in [5, 5.41) is 10.9. The summed E-state index contributed by atoms with van der Waals surface area (Å²) >= 11 is 0. The Morgan fingerprint density at radius 2 is 1.79 bits per heavy atom. The highest BCUT2D eigenvalue weighted by molar-refractivity contribution is 7.54. The van der Waals surface area contributed by atoms with E-state index >= 15 is 0 Å². The molecule has 0 radical (unpaired) electrons. The largest absolute Gasteiger partial charge is 0.378 e. The molecule has 1 aromatic rings. The predicted octanol–water partition coefficient (Wildman–Crippen LogP) is 3.03. The normalized spacial score (nSPS) is 30.3. The van der Waals surface area contributed by atoms with Crippen LogP contribution in [-0.4, -0.2) is 54.6 Å². The number of aliphatic hydroxyl groups excluding tert-OH is 1. The van der Waals surface area contributed by atoms with Gasteiger partial charge in [-0.05, 0) is 33.3 Å². The summed E-state index contributed by atoms with van der Waals surface area (Å²) < 4.78 is 47.2. The molecule has 0 bridgehead atoms. The van der Waals surface area contributed by atoms with Crippen LogP contribution in [0, 0.1) is 0 Å². The molecule has 8 nitrogen and oxygen atoms in total. The Balaban J connectivity index is 1.80. The first-order valence-electron chi connectivity index (χ1n) is 9.53. The number of ether oxygens (including phenoxy) is 4. The second-order valence-electron chi connectivity index (χ2n) is 7.12. The van der Waals surface area contributed by atoms with Gasteiger partial charge in [0.1, 0.15) is 18.3 Å². The van der Waals surface area contributed by atoms with E-state index in [2.05, 4.69) is 0 Å². The quantitative estimate of drug-likeness (QED) is 0.614. The van der Waals surface area contributed by atoms with E-state index in [0.717, 1.165) is 5.56 Å². The molecule has 0 saturated carbocycles. The van der Waals surface area contributed by atoms with Crippen LogP contribution in [0.25, 0.3) is 0 Å². The molecular formula is C19H29O8P. The zero-order chi connectivity index (χ0) is 20.4. The minimum Gasteiger partial charge on any atom is -0.378 e. The van der Waals surface area contributed by atoms with Crippen LogP contribution in [-0.2, 0) is 39.2 Å². The number of rotatable bonds is 9. The second kappa shape index (κ2) is 8.90. The molecule has 0 spiro atoms. The first-order chi connectivity index (χ1) is 13.3. The lowest BCUT2D eigenvalue weighted by Crippen LogP contribution is -2.43. The van der Waals surface area contributed by atoms with Gasteiger partial charge in [-0.3, -0.25) is 4.57 Å². The lowest BCUT2D eigenvalue weighted by molar-refractivity contribution is -0.226. The molecule has 3 rings (SSSR count). The average Bonchev–Trinajstić information content (AvgIpc) is 3.12. The molecule has 2 heterocycles. The van der Waals surface area contributed by atoms with Gasteiger partial charge < -0.3 is 33.1 Å². The third-order valence-electron chi connectivity index (χ3n) is 4.55. The predicted molar refractivity (Wildman–Crippen MR) is 101 cm³/mol. The zero-order valence-electron chi connectivity index (χ0n) is 16.6. The first kappa shape index (κ1) is 21.9. The Morgan fingerprint density at radius 1 is 1.14 bits per heavy atom. The van der Waals surface area contributed by atoms with Crippen LogP contribution in [0.4, 0.5) is 0 Å². The second-order valence-corrected chi connectivity index (χ2v) is 9.24. The maximum absolute atomic E-state index is 13.1. The Kier molecular flexibility index (Phi) is 6.95. The van der Waals surface area contributed by atoms with Crippen LogP contribution in [0.15, 0.2) is 30.3 Å². The molecular weight excluding hydrogens is 387 g/mol. The Labute approximate surface area is 165 Å². The topological polar surface area (TPSA) is 92.7 Å². The van der Waals surface area contributed by atoms with Crippen molar-refractivity contribution in [2.24, 2.45) is 0 Å². The van der Waals surface area contributed by atoms with E-state index in [1.165, 1.54) is 0 Å². The third-order valence-corrected chi connectivity index (χ3v) is 6.73. The van der Waals surface area contributed by atoms with Crippen LogP contribution in [0.5, 0.6) is 0 Å². The van der Waals surface area contributed by atoms with Gasteiger partial charge in [-0.15, -0.1) is 0 Å². The summed E-state index contributed by atoms with van der Waals surface area (Å²) in [4.78, 5) is 0. The summed E-state index contributed by atoms with van der Waals surface area (Å²) in [5.41, 5.74) is 0.954. The molecule has 1 unspecified atom stereocenters. The SMILES string of the molecule is CCOP(=O)(OCC)C(O)[C@H]1O[C@H]2OC(C)(C)O[C@H]2[C@@H]1OCc1ccccc1. The van der Waals surface area contributed by atoms with E-state index in [1.54, 1.807) is 27.7 Å². The summed E-state index contributed by atoms with van der Waals surface area (Å²) in [6.07, 6.45) is -3.02. The number of aliphatic hydroxyl groups is 1. The van der Waals surface area contributed by atoms with Gasteiger partial charge in [-0.1, -0.05) is 30.3 Å². The van der Waals surface area contributed by atoms with E-state index in [0.29, 0.717) is 0 Å². The number of benzene rings is 1. The van der Waals surface area contributed by atoms with Crippen molar-refractivity contribution in [1.82, 2.24) is 0 Å². The lowest BCUT2D eigenvalue weighted by Gasteiger charge is -2.31. The van der Waals surface area contributed by atoms with Crippen molar-refractivity contribution in [3.8, 4) is 0 Å². The van der Waals surface area contributed by atoms with Crippen molar-refractivity contribution < 1.29 is 37.7 Å². The van der Waals surface area contributed by atoms with Crippen LogP contribution in [0.1, 0.15) is 33.3 Å². The van der Waals surface area contributed by atoms with Crippen LogP contribution in [0.2, 0.25) is 0 Å². The molecule has 9 heteroatoms. The fourth-order valence-corrected chi connectivity index (χ4v) is 5.13. The van der Waals surface area contributed by atoms with E-state index in [9.17, 15) is 9.67 Å². The highest BCUT2D eigenvalue weighted by atomic mass is 31.2. The van der Waals surface area contributed by atoms with Crippen LogP contribution >= 0.6 is 7.60 Å². The molecule has 2 saturated heterocycles. The smallest absolute Gasteiger partial charge is 0.361 e. The average molecular weight is 416 g/mol. The molecule has 28 heavy (non-hydrogen) atoms. The van der Waals surface area contributed by atoms with E-state index < -0.39 is 43.8 Å². The van der Waals surface area contributed by atoms with E-state index in [1.807, 2.05) is 30.3 Å². The van der Waals surface area contributed by atoms with Crippen LogP contribution < -0.4 is 0 Å². The number of hydrogen-bond donors (Lipinski definition) is 1. The molecule has 0 amide bonds. The number of hydrogen-bond acceptors (Lipinski definition) is 8. The Bertz CT molecular complexity index is 672. The zero-order valence-corrected chi connectivity index (χ0v) is 17.5. The van der Waals surface area contributed by atoms with Crippen molar-refractivity contribution in [2.45, 2.75) is 70.5 Å². The fourth-order valence-electron chi connectivity index (χ4n) is 3.43. The lowest BCUT2D eigenvalue weighted by atomic mass is 10.1. The molecule has 1 N–H and O–H groups in total. The summed E-state index contributed by atoms with van der Waals surface area (Å²) in [7, 11) is -3.82. The van der Waals surface area contributed by atoms with Crippen molar-refractivity contribution in [3.63, 3.8) is 0 Å². The van der Waals surface area contributed by atoms with Crippen molar-refractivity contribution in [2.75, 3.05) is 13.2 Å². The van der Waals surface area contributed by atoms with Gasteiger partial charge in [0, 0.05) is 0 Å². The van der Waals surface area contributed by atoms with Gasteiger partial charge in [0.05, 0.1) is 19.8 Å². The van der Waals surface area contributed by atoms with Crippen molar-refractivity contribution in [3.05, 3.63) is 35.9 Å². The maximum atomic E-state index is 13.1. The highest BCUT2D eigenvalue weighted by Gasteiger charge is 2.60. The van der Waals surface area contributed by atoms with Gasteiger partial charge in [0.15, 0.2) is 17.9 Å². The van der Waals surface area contributed by atoms with Crippen molar-refractivity contribution in [1.29, 1.82) is 0 Å². The monoisotopic (exact) mass is 416 g/mol. The molecule has 2 fully saturated rings. The molecule has 0 aliphatic carbocycles. The van der Waals surface area contributed by atoms with Crippen molar-refractivity contribution >= 4 is 7.60 Å². The Morgan fingerprint density at radius 3 is 2.39 bits per heavy atom. The van der Waals surface area contributed by atoms with E-state index in [-0.39, 0.29) is 19.8 Å². The number of fused-ring (bicyclic) bond motifs is 1. The van der Waals surface area contributed by atoms with Gasteiger partial charge in [0.25, 0.3) is 0 Å². The van der Waals surface area contributed by atoms with Gasteiger partial charge in [0.2, 0.25) is 0 Å². The summed E-state index contributed by atoms with van der Waals surface area (Å²) in [6, 6.07) is 9.60.